The molecule has 6 heteroatoms. The van der Waals surface area contributed by atoms with Crippen molar-refractivity contribution in [3.05, 3.63) is 23.0 Å². The summed E-state index contributed by atoms with van der Waals surface area (Å²) in [4.78, 5) is 13.3. The number of aromatic nitrogens is 2. The van der Waals surface area contributed by atoms with Gasteiger partial charge in [-0.1, -0.05) is 11.6 Å². The van der Waals surface area contributed by atoms with Gasteiger partial charge in [-0.05, 0) is 25.0 Å². The number of halogens is 1. The molecule has 0 unspecified atom stereocenters. The molecule has 0 radical (unpaired) electrons. The Morgan fingerprint density at radius 2 is 2.17 bits per heavy atom. The van der Waals surface area contributed by atoms with Gasteiger partial charge in [0.2, 0.25) is 5.91 Å². The quantitative estimate of drug-likeness (QED) is 0.896. The van der Waals surface area contributed by atoms with Crippen LogP contribution < -0.4 is 5.32 Å². The molecular weight excluding hydrogens is 252 g/mol. The molecule has 0 spiro atoms. The highest BCUT2D eigenvalue weighted by Gasteiger charge is 2.19. The lowest BCUT2D eigenvalue weighted by Crippen LogP contribution is -2.43. The lowest BCUT2D eigenvalue weighted by Gasteiger charge is -2.31. The van der Waals surface area contributed by atoms with E-state index in [9.17, 15) is 4.79 Å². The fourth-order valence-corrected chi connectivity index (χ4v) is 2.28. The predicted molar refractivity (Wildman–Crippen MR) is 69.2 cm³/mol. The van der Waals surface area contributed by atoms with E-state index in [2.05, 4.69) is 20.4 Å². The van der Waals surface area contributed by atoms with E-state index in [1.807, 2.05) is 6.07 Å². The van der Waals surface area contributed by atoms with Crippen LogP contribution in [-0.2, 0) is 11.3 Å². The molecule has 98 valence electrons. The molecule has 0 saturated carbocycles. The number of hydrogen-bond acceptors (Lipinski definition) is 4. The summed E-state index contributed by atoms with van der Waals surface area (Å²) in [5.41, 5.74) is 0.928. The summed E-state index contributed by atoms with van der Waals surface area (Å²) in [6.07, 6.45) is 1.97. The van der Waals surface area contributed by atoms with E-state index < -0.39 is 0 Å². The van der Waals surface area contributed by atoms with Gasteiger partial charge in [-0.3, -0.25) is 9.69 Å². The first kappa shape index (κ1) is 13.2. The van der Waals surface area contributed by atoms with Crippen LogP contribution in [-0.4, -0.2) is 40.1 Å². The summed E-state index contributed by atoms with van der Waals surface area (Å²) in [6, 6.07) is 3.97. The summed E-state index contributed by atoms with van der Waals surface area (Å²) in [5, 5.41) is 11.3. The van der Waals surface area contributed by atoms with Crippen molar-refractivity contribution in [1.29, 1.82) is 0 Å². The maximum absolute atomic E-state index is 11.0. The van der Waals surface area contributed by atoms with Gasteiger partial charge in [0.05, 0.1) is 5.69 Å². The second-order valence-corrected chi connectivity index (χ2v) is 4.99. The summed E-state index contributed by atoms with van der Waals surface area (Å²) in [7, 11) is 0. The van der Waals surface area contributed by atoms with Gasteiger partial charge in [-0.2, -0.15) is 5.10 Å². The normalized spacial score (nSPS) is 17.7. The number of carbonyl (C=O) groups excluding carboxylic acids is 1. The first-order valence-electron chi connectivity index (χ1n) is 6.11. The third-order valence-corrected chi connectivity index (χ3v) is 3.27. The molecule has 1 N–H and O–H groups in total. The number of rotatable bonds is 3. The average molecular weight is 269 g/mol. The van der Waals surface area contributed by atoms with E-state index in [0.29, 0.717) is 11.2 Å². The molecule has 1 saturated heterocycles. The molecule has 0 aliphatic carbocycles. The van der Waals surface area contributed by atoms with E-state index in [1.54, 1.807) is 13.0 Å². The molecule has 0 atom stereocenters. The van der Waals surface area contributed by atoms with Gasteiger partial charge in [-0.15, -0.1) is 5.10 Å². The Hall–Kier alpha value is -1.20. The SMILES string of the molecule is CC(=O)NC1CCN(Cc2ccc(Cl)nn2)CC1. The largest absolute Gasteiger partial charge is 0.354 e. The van der Waals surface area contributed by atoms with Crippen molar-refractivity contribution in [2.45, 2.75) is 32.4 Å². The van der Waals surface area contributed by atoms with Gasteiger partial charge < -0.3 is 5.32 Å². The fraction of sp³-hybridized carbons (Fsp3) is 0.583. The standard InChI is InChI=1S/C12H17ClN4O/c1-9(18)14-10-4-6-17(7-5-10)8-11-2-3-12(13)16-15-11/h2-3,10H,4-8H2,1H3,(H,14,18). The van der Waals surface area contributed by atoms with Crippen molar-refractivity contribution in [3.8, 4) is 0 Å². The lowest BCUT2D eigenvalue weighted by molar-refractivity contribution is -0.119. The predicted octanol–water partition coefficient (Wildman–Crippen LogP) is 1.23. The summed E-state index contributed by atoms with van der Waals surface area (Å²) in [6.45, 7) is 4.29. The fourth-order valence-electron chi connectivity index (χ4n) is 2.18. The lowest BCUT2D eigenvalue weighted by atomic mass is 10.0. The zero-order chi connectivity index (χ0) is 13.0. The number of hydrogen-bond donors (Lipinski definition) is 1. The molecule has 1 aromatic rings. The maximum atomic E-state index is 11.0. The molecule has 1 fully saturated rings. The highest BCUT2D eigenvalue weighted by Crippen LogP contribution is 2.13. The number of nitrogens with zero attached hydrogens (tertiary/aromatic N) is 3. The van der Waals surface area contributed by atoms with Gasteiger partial charge in [0.1, 0.15) is 0 Å². The Morgan fingerprint density at radius 3 is 2.72 bits per heavy atom. The van der Waals surface area contributed by atoms with Crippen LogP contribution in [0.4, 0.5) is 0 Å². The first-order valence-corrected chi connectivity index (χ1v) is 6.49. The van der Waals surface area contributed by atoms with Crippen molar-refractivity contribution < 1.29 is 4.79 Å². The summed E-state index contributed by atoms with van der Waals surface area (Å²) >= 11 is 5.69. The summed E-state index contributed by atoms with van der Waals surface area (Å²) in [5.74, 6) is 0.0528. The minimum absolute atomic E-state index is 0.0528. The van der Waals surface area contributed by atoms with Gasteiger partial charge in [0.25, 0.3) is 0 Å². The Morgan fingerprint density at radius 1 is 1.44 bits per heavy atom. The van der Waals surface area contributed by atoms with Gasteiger partial charge in [-0.25, -0.2) is 0 Å². The highest BCUT2D eigenvalue weighted by atomic mass is 35.5. The molecule has 0 bridgehead atoms. The summed E-state index contributed by atoms with van der Waals surface area (Å²) < 4.78 is 0. The minimum Gasteiger partial charge on any atom is -0.354 e. The Balaban J connectivity index is 1.79. The van der Waals surface area contributed by atoms with E-state index in [1.165, 1.54) is 0 Å². The van der Waals surface area contributed by atoms with Crippen molar-refractivity contribution in [1.82, 2.24) is 20.4 Å². The number of piperidine rings is 1. The average Bonchev–Trinajstić information content (AvgIpc) is 2.34. The first-order chi connectivity index (χ1) is 8.63. The minimum atomic E-state index is 0.0528. The molecule has 1 aliphatic heterocycles. The van der Waals surface area contributed by atoms with Crippen LogP contribution in [0.25, 0.3) is 0 Å². The molecule has 2 rings (SSSR count). The van der Waals surface area contributed by atoms with Crippen LogP contribution in [0, 0.1) is 0 Å². The molecule has 1 aromatic heterocycles. The highest BCUT2D eigenvalue weighted by molar-refractivity contribution is 6.29. The monoisotopic (exact) mass is 268 g/mol. The van der Waals surface area contributed by atoms with Crippen LogP contribution in [0.15, 0.2) is 12.1 Å². The van der Waals surface area contributed by atoms with Gasteiger partial charge in [0.15, 0.2) is 5.15 Å². The molecular formula is C12H17ClN4O. The van der Waals surface area contributed by atoms with E-state index in [-0.39, 0.29) is 5.91 Å². The topological polar surface area (TPSA) is 58.1 Å². The van der Waals surface area contributed by atoms with Crippen LogP contribution in [0.5, 0.6) is 0 Å². The zero-order valence-electron chi connectivity index (χ0n) is 10.4. The van der Waals surface area contributed by atoms with Crippen LogP contribution >= 0.6 is 11.6 Å². The molecule has 2 heterocycles. The number of likely N-dealkylation sites (tertiary alicyclic amines) is 1. The maximum Gasteiger partial charge on any atom is 0.217 e. The van der Waals surface area contributed by atoms with E-state index in [4.69, 9.17) is 11.6 Å². The Labute approximate surface area is 112 Å². The molecule has 0 aromatic carbocycles. The van der Waals surface area contributed by atoms with Crippen LogP contribution in [0.2, 0.25) is 5.15 Å². The molecule has 1 amide bonds. The second-order valence-electron chi connectivity index (χ2n) is 4.60. The number of amides is 1. The molecule has 18 heavy (non-hydrogen) atoms. The second kappa shape index (κ2) is 6.11. The van der Waals surface area contributed by atoms with Crippen LogP contribution in [0.1, 0.15) is 25.5 Å². The van der Waals surface area contributed by atoms with Crippen molar-refractivity contribution >= 4 is 17.5 Å². The van der Waals surface area contributed by atoms with Crippen molar-refractivity contribution in [3.63, 3.8) is 0 Å². The zero-order valence-corrected chi connectivity index (χ0v) is 11.2. The Bertz CT molecular complexity index is 401. The third-order valence-electron chi connectivity index (χ3n) is 3.07. The molecule has 1 aliphatic rings. The van der Waals surface area contributed by atoms with Crippen molar-refractivity contribution in [2.24, 2.45) is 0 Å². The third kappa shape index (κ3) is 3.92. The smallest absolute Gasteiger partial charge is 0.217 e. The van der Waals surface area contributed by atoms with E-state index in [0.717, 1.165) is 38.2 Å². The number of nitrogens with one attached hydrogen (secondary N) is 1. The van der Waals surface area contributed by atoms with Gasteiger partial charge >= 0.3 is 0 Å². The van der Waals surface area contributed by atoms with Crippen LogP contribution in [0.3, 0.4) is 0 Å². The van der Waals surface area contributed by atoms with E-state index >= 15 is 0 Å². The number of carbonyl (C=O) groups is 1. The molecule has 5 nitrogen and oxygen atoms in total. The van der Waals surface area contributed by atoms with Gasteiger partial charge in [0, 0.05) is 32.6 Å². The van der Waals surface area contributed by atoms with Crippen molar-refractivity contribution in [2.75, 3.05) is 13.1 Å². The Kier molecular flexibility index (Phi) is 4.49.